The van der Waals surface area contributed by atoms with Crippen molar-refractivity contribution >= 4 is 17.3 Å². The smallest absolute Gasteiger partial charge is 0.230 e. The van der Waals surface area contributed by atoms with Gasteiger partial charge >= 0.3 is 0 Å². The van der Waals surface area contributed by atoms with Crippen molar-refractivity contribution in [2.75, 3.05) is 23.3 Å². The molecule has 0 radical (unpaired) electrons. The molecule has 3 aromatic rings. The number of aromatic nitrogens is 3. The molecule has 4 rings (SSSR count). The van der Waals surface area contributed by atoms with E-state index in [1.807, 2.05) is 50.2 Å². The largest absolute Gasteiger partial charge is 0.372 e. The fraction of sp³-hybridized carbons (Fsp3) is 0.375. The zero-order valence-electron chi connectivity index (χ0n) is 17.8. The Balaban J connectivity index is 1.38. The van der Waals surface area contributed by atoms with Gasteiger partial charge in [0.15, 0.2) is 0 Å². The zero-order valence-corrected chi connectivity index (χ0v) is 17.8. The van der Waals surface area contributed by atoms with Crippen LogP contribution in [0.3, 0.4) is 0 Å². The number of aryl methyl sites for hydroxylation is 1. The van der Waals surface area contributed by atoms with Crippen molar-refractivity contribution in [3.8, 4) is 5.69 Å². The van der Waals surface area contributed by atoms with E-state index in [-0.39, 0.29) is 12.3 Å². The summed E-state index contributed by atoms with van der Waals surface area (Å²) in [7, 11) is 0. The van der Waals surface area contributed by atoms with Crippen molar-refractivity contribution in [1.82, 2.24) is 15.0 Å². The Labute approximate surface area is 177 Å². The van der Waals surface area contributed by atoms with Crippen molar-refractivity contribution < 1.29 is 4.79 Å². The van der Waals surface area contributed by atoms with Crippen LogP contribution in [0.5, 0.6) is 0 Å². The molecule has 0 unspecified atom stereocenters. The summed E-state index contributed by atoms with van der Waals surface area (Å²) in [5, 5.41) is 11.4. The van der Waals surface area contributed by atoms with Gasteiger partial charge in [-0.15, -0.1) is 5.10 Å². The van der Waals surface area contributed by atoms with Gasteiger partial charge < -0.3 is 10.2 Å². The molecule has 1 amide bonds. The van der Waals surface area contributed by atoms with E-state index in [1.165, 1.54) is 36.9 Å². The summed E-state index contributed by atoms with van der Waals surface area (Å²) in [5.74, 6) is -0.0865. The second-order valence-electron chi connectivity index (χ2n) is 8.04. The van der Waals surface area contributed by atoms with Crippen LogP contribution < -0.4 is 10.2 Å². The highest BCUT2D eigenvalue weighted by molar-refractivity contribution is 5.92. The van der Waals surface area contributed by atoms with Crippen LogP contribution in [-0.2, 0) is 11.2 Å². The van der Waals surface area contributed by atoms with Crippen molar-refractivity contribution in [2.24, 2.45) is 0 Å². The van der Waals surface area contributed by atoms with E-state index in [0.717, 1.165) is 30.2 Å². The Kier molecular flexibility index (Phi) is 6.12. The number of benzene rings is 2. The predicted octanol–water partition coefficient (Wildman–Crippen LogP) is 4.45. The molecule has 0 atom stereocenters. The molecule has 2 heterocycles. The quantitative estimate of drug-likeness (QED) is 0.684. The molecule has 1 aliphatic rings. The first kappa shape index (κ1) is 20.1. The second-order valence-corrected chi connectivity index (χ2v) is 8.04. The van der Waals surface area contributed by atoms with Gasteiger partial charge in [-0.3, -0.25) is 4.79 Å². The maximum absolute atomic E-state index is 12.6. The summed E-state index contributed by atoms with van der Waals surface area (Å²) in [6.07, 6.45) is 5.34. The number of hydrogen-bond donors (Lipinski definition) is 1. The van der Waals surface area contributed by atoms with Gasteiger partial charge in [-0.25, -0.2) is 4.68 Å². The zero-order chi connectivity index (χ0) is 20.9. The van der Waals surface area contributed by atoms with Gasteiger partial charge in [-0.1, -0.05) is 35.8 Å². The van der Waals surface area contributed by atoms with Crippen LogP contribution in [0, 0.1) is 13.8 Å². The highest BCUT2D eigenvalue weighted by Gasteiger charge is 2.15. The van der Waals surface area contributed by atoms with E-state index in [1.54, 1.807) is 4.68 Å². The second kappa shape index (κ2) is 9.11. The van der Waals surface area contributed by atoms with Crippen molar-refractivity contribution in [3.05, 3.63) is 65.5 Å². The van der Waals surface area contributed by atoms with Crippen LogP contribution in [0.2, 0.25) is 0 Å². The molecule has 6 heteroatoms. The Morgan fingerprint density at radius 1 is 0.900 bits per heavy atom. The van der Waals surface area contributed by atoms with E-state index in [4.69, 9.17) is 0 Å². The number of rotatable bonds is 5. The molecule has 1 N–H and O–H groups in total. The number of hydrogen-bond acceptors (Lipinski definition) is 4. The first-order chi connectivity index (χ1) is 14.6. The molecule has 0 aliphatic carbocycles. The Bertz CT molecular complexity index is 983. The summed E-state index contributed by atoms with van der Waals surface area (Å²) >= 11 is 0. The van der Waals surface area contributed by atoms with Gasteiger partial charge in [0, 0.05) is 24.5 Å². The number of nitrogens with zero attached hydrogens (tertiary/aromatic N) is 4. The van der Waals surface area contributed by atoms with Crippen molar-refractivity contribution in [1.29, 1.82) is 0 Å². The molecular formula is C24H29N5O. The maximum atomic E-state index is 12.6. The average molecular weight is 404 g/mol. The number of carbonyl (C=O) groups excluding carboxylic acids is 1. The predicted molar refractivity (Wildman–Crippen MR) is 120 cm³/mol. The van der Waals surface area contributed by atoms with E-state index >= 15 is 0 Å². The molecule has 0 bridgehead atoms. The minimum absolute atomic E-state index is 0.0865. The number of nitrogens with one attached hydrogen (secondary N) is 1. The van der Waals surface area contributed by atoms with Crippen LogP contribution in [0.25, 0.3) is 5.69 Å². The first-order valence-electron chi connectivity index (χ1n) is 10.7. The normalized spacial score (nSPS) is 14.4. The van der Waals surface area contributed by atoms with E-state index < -0.39 is 0 Å². The lowest BCUT2D eigenvalue weighted by atomic mass is 10.2. The molecule has 30 heavy (non-hydrogen) atoms. The number of anilines is 2. The summed E-state index contributed by atoms with van der Waals surface area (Å²) in [6, 6.07) is 16.2. The molecule has 6 nitrogen and oxygen atoms in total. The van der Waals surface area contributed by atoms with Crippen LogP contribution in [0.1, 0.15) is 42.6 Å². The lowest BCUT2D eigenvalue weighted by molar-refractivity contribution is -0.115. The fourth-order valence-electron chi connectivity index (χ4n) is 3.90. The van der Waals surface area contributed by atoms with E-state index in [9.17, 15) is 4.79 Å². The standard InChI is InChI=1S/C24H29N5O/c1-18-7-11-22(12-8-18)29-19(2)23(26-27-29)17-24(30)25-20-9-13-21(14-10-20)28-15-5-3-4-6-16-28/h7-14H,3-6,15-17H2,1-2H3,(H,25,30). The third-order valence-electron chi connectivity index (χ3n) is 5.72. The monoisotopic (exact) mass is 403 g/mol. The molecule has 1 fully saturated rings. The van der Waals surface area contributed by atoms with E-state index in [0.29, 0.717) is 5.69 Å². The van der Waals surface area contributed by atoms with Crippen molar-refractivity contribution in [3.63, 3.8) is 0 Å². The van der Waals surface area contributed by atoms with Crippen molar-refractivity contribution in [2.45, 2.75) is 46.0 Å². The topological polar surface area (TPSA) is 63.1 Å². The molecule has 1 saturated heterocycles. The first-order valence-corrected chi connectivity index (χ1v) is 10.7. The van der Waals surface area contributed by atoms with Crippen LogP contribution in [0.4, 0.5) is 11.4 Å². The summed E-state index contributed by atoms with van der Waals surface area (Å²) < 4.78 is 1.78. The minimum Gasteiger partial charge on any atom is -0.372 e. The summed E-state index contributed by atoms with van der Waals surface area (Å²) in [6.45, 7) is 6.22. The lowest BCUT2D eigenvalue weighted by Gasteiger charge is -2.22. The Morgan fingerprint density at radius 2 is 1.53 bits per heavy atom. The molecule has 0 saturated carbocycles. The van der Waals surface area contributed by atoms with Gasteiger partial charge in [0.2, 0.25) is 5.91 Å². The van der Waals surface area contributed by atoms with Gasteiger partial charge in [0.25, 0.3) is 0 Å². The van der Waals surface area contributed by atoms with Gasteiger partial charge in [-0.05, 0) is 63.1 Å². The molecule has 1 aromatic heterocycles. The molecule has 1 aliphatic heterocycles. The molecule has 0 spiro atoms. The summed E-state index contributed by atoms with van der Waals surface area (Å²) in [5.41, 5.74) is 5.74. The van der Waals surface area contributed by atoms with Gasteiger partial charge in [-0.2, -0.15) is 0 Å². The Hall–Kier alpha value is -3.15. The minimum atomic E-state index is -0.0865. The highest BCUT2D eigenvalue weighted by Crippen LogP contribution is 2.22. The van der Waals surface area contributed by atoms with E-state index in [2.05, 4.69) is 32.7 Å². The molecular weight excluding hydrogens is 374 g/mol. The van der Waals surface area contributed by atoms with Gasteiger partial charge in [0.1, 0.15) is 0 Å². The number of carbonyl (C=O) groups is 1. The third kappa shape index (κ3) is 4.70. The molecule has 156 valence electrons. The maximum Gasteiger partial charge on any atom is 0.230 e. The number of amides is 1. The third-order valence-corrected chi connectivity index (χ3v) is 5.72. The Morgan fingerprint density at radius 3 is 2.20 bits per heavy atom. The van der Waals surface area contributed by atoms with Crippen LogP contribution in [0.15, 0.2) is 48.5 Å². The highest BCUT2D eigenvalue weighted by atomic mass is 16.1. The lowest BCUT2D eigenvalue weighted by Crippen LogP contribution is -2.23. The van der Waals surface area contributed by atoms with Crippen LogP contribution >= 0.6 is 0 Å². The SMILES string of the molecule is Cc1ccc(-n2nnc(CC(=O)Nc3ccc(N4CCCCCC4)cc3)c2C)cc1. The summed E-state index contributed by atoms with van der Waals surface area (Å²) in [4.78, 5) is 15.0. The van der Waals surface area contributed by atoms with Gasteiger partial charge in [0.05, 0.1) is 23.5 Å². The molecule has 2 aromatic carbocycles. The fourth-order valence-corrected chi connectivity index (χ4v) is 3.90. The van der Waals surface area contributed by atoms with Crippen LogP contribution in [-0.4, -0.2) is 34.0 Å². The average Bonchev–Trinajstić information content (AvgIpc) is 2.95.